The standard InChI is InChI=1S/C20H29NO4/c1-24-19-11-10-18(16-8-5-9-17(23)20(16)19)25-13-15(22)12-21-14-6-3-2-4-7-14/h10-11,14-15,21-22H,2-9,12-13H2,1H3. The monoisotopic (exact) mass is 347 g/mol. The number of hydrogen-bond acceptors (Lipinski definition) is 5. The Labute approximate surface area is 149 Å². The van der Waals surface area contributed by atoms with Crippen molar-refractivity contribution in [3.8, 4) is 11.5 Å². The van der Waals surface area contributed by atoms with E-state index in [9.17, 15) is 9.90 Å². The third-order valence-corrected chi connectivity index (χ3v) is 5.24. The van der Waals surface area contributed by atoms with Crippen LogP contribution in [0, 0.1) is 0 Å². The van der Waals surface area contributed by atoms with E-state index < -0.39 is 6.10 Å². The van der Waals surface area contributed by atoms with Crippen LogP contribution in [-0.4, -0.2) is 43.3 Å². The van der Waals surface area contributed by atoms with E-state index in [1.807, 2.05) is 6.07 Å². The van der Waals surface area contributed by atoms with Crippen LogP contribution in [0.15, 0.2) is 12.1 Å². The quantitative estimate of drug-likeness (QED) is 0.794. The lowest BCUT2D eigenvalue weighted by atomic mass is 9.89. The maximum Gasteiger partial charge on any atom is 0.167 e. The van der Waals surface area contributed by atoms with E-state index in [0.717, 1.165) is 18.4 Å². The molecule has 2 aliphatic rings. The predicted octanol–water partition coefficient (Wildman–Crippen LogP) is 2.88. The number of fused-ring (bicyclic) bond motifs is 1. The summed E-state index contributed by atoms with van der Waals surface area (Å²) in [6, 6.07) is 4.15. The lowest BCUT2D eigenvalue weighted by Crippen LogP contribution is -2.39. The van der Waals surface area contributed by atoms with Gasteiger partial charge >= 0.3 is 0 Å². The van der Waals surface area contributed by atoms with Crippen molar-refractivity contribution in [2.45, 2.75) is 63.5 Å². The van der Waals surface area contributed by atoms with Crippen molar-refractivity contribution in [1.82, 2.24) is 5.32 Å². The van der Waals surface area contributed by atoms with Crippen molar-refractivity contribution < 1.29 is 19.4 Å². The van der Waals surface area contributed by atoms with E-state index in [4.69, 9.17) is 9.47 Å². The van der Waals surface area contributed by atoms with E-state index in [1.54, 1.807) is 13.2 Å². The highest BCUT2D eigenvalue weighted by Crippen LogP contribution is 2.36. The first-order valence-corrected chi connectivity index (χ1v) is 9.46. The summed E-state index contributed by atoms with van der Waals surface area (Å²) < 4.78 is 11.2. The van der Waals surface area contributed by atoms with Crippen LogP contribution in [0.1, 0.15) is 60.9 Å². The van der Waals surface area contributed by atoms with Gasteiger partial charge in [0, 0.05) is 24.6 Å². The van der Waals surface area contributed by atoms with Gasteiger partial charge in [-0.25, -0.2) is 0 Å². The number of nitrogens with one attached hydrogen (secondary N) is 1. The number of benzene rings is 1. The van der Waals surface area contributed by atoms with Crippen molar-refractivity contribution in [2.75, 3.05) is 20.3 Å². The number of aliphatic hydroxyl groups is 1. The second-order valence-electron chi connectivity index (χ2n) is 7.10. The highest BCUT2D eigenvalue weighted by molar-refractivity contribution is 6.01. The molecule has 1 atom stereocenters. The molecule has 2 aliphatic carbocycles. The van der Waals surface area contributed by atoms with Crippen LogP contribution in [0.3, 0.4) is 0 Å². The van der Waals surface area contributed by atoms with Crippen LogP contribution in [0.25, 0.3) is 0 Å². The molecule has 138 valence electrons. The fraction of sp³-hybridized carbons (Fsp3) is 0.650. The van der Waals surface area contributed by atoms with Gasteiger partial charge in [0.1, 0.15) is 24.2 Å². The van der Waals surface area contributed by atoms with Gasteiger partial charge in [0.25, 0.3) is 0 Å². The molecule has 0 aliphatic heterocycles. The molecular weight excluding hydrogens is 318 g/mol. The van der Waals surface area contributed by atoms with Crippen LogP contribution in [0.4, 0.5) is 0 Å². The fourth-order valence-corrected chi connectivity index (χ4v) is 3.87. The number of ketones is 1. The minimum atomic E-state index is -0.557. The molecule has 3 rings (SSSR count). The Morgan fingerprint density at radius 1 is 1.16 bits per heavy atom. The first kappa shape index (κ1) is 18.2. The minimum Gasteiger partial charge on any atom is -0.496 e. The molecule has 1 aromatic rings. The minimum absolute atomic E-state index is 0.114. The van der Waals surface area contributed by atoms with Crippen molar-refractivity contribution in [1.29, 1.82) is 0 Å². The summed E-state index contributed by atoms with van der Waals surface area (Å²) in [5, 5.41) is 13.7. The molecule has 1 aromatic carbocycles. The first-order valence-electron chi connectivity index (χ1n) is 9.46. The maximum atomic E-state index is 12.2. The molecule has 25 heavy (non-hydrogen) atoms. The van der Waals surface area contributed by atoms with Gasteiger partial charge in [0.2, 0.25) is 0 Å². The molecule has 1 saturated carbocycles. The Balaban J connectivity index is 1.57. The molecule has 0 saturated heterocycles. The van der Waals surface area contributed by atoms with E-state index in [-0.39, 0.29) is 12.4 Å². The Kier molecular flexibility index (Phi) is 6.32. The van der Waals surface area contributed by atoms with Crippen LogP contribution in [0.2, 0.25) is 0 Å². The number of aliphatic hydroxyl groups excluding tert-OH is 1. The number of carbonyl (C=O) groups excluding carboxylic acids is 1. The van der Waals surface area contributed by atoms with E-state index in [0.29, 0.717) is 36.1 Å². The summed E-state index contributed by atoms with van der Waals surface area (Å²) in [4.78, 5) is 12.2. The molecule has 0 aromatic heterocycles. The smallest absolute Gasteiger partial charge is 0.167 e. The van der Waals surface area contributed by atoms with Crippen molar-refractivity contribution in [2.24, 2.45) is 0 Å². The number of methoxy groups -OCH3 is 1. The summed E-state index contributed by atoms with van der Waals surface area (Å²) in [5.41, 5.74) is 1.57. The van der Waals surface area contributed by atoms with Gasteiger partial charge in [-0.05, 0) is 37.8 Å². The molecule has 2 N–H and O–H groups in total. The summed E-state index contributed by atoms with van der Waals surface area (Å²) in [5.74, 6) is 1.43. The molecular formula is C20H29NO4. The Hall–Kier alpha value is -1.59. The van der Waals surface area contributed by atoms with Gasteiger partial charge in [0.05, 0.1) is 12.7 Å². The van der Waals surface area contributed by atoms with Crippen molar-refractivity contribution >= 4 is 5.78 Å². The largest absolute Gasteiger partial charge is 0.496 e. The topological polar surface area (TPSA) is 67.8 Å². The van der Waals surface area contributed by atoms with E-state index in [2.05, 4.69) is 5.32 Å². The van der Waals surface area contributed by atoms with Crippen LogP contribution < -0.4 is 14.8 Å². The lowest BCUT2D eigenvalue weighted by Gasteiger charge is -2.25. The molecule has 0 amide bonds. The summed E-state index contributed by atoms with van der Waals surface area (Å²) in [7, 11) is 1.58. The highest BCUT2D eigenvalue weighted by Gasteiger charge is 2.25. The first-order chi connectivity index (χ1) is 12.2. The molecule has 1 unspecified atom stereocenters. The normalized spacial score (nSPS) is 19.4. The predicted molar refractivity (Wildman–Crippen MR) is 96.6 cm³/mol. The number of rotatable bonds is 7. The zero-order valence-electron chi connectivity index (χ0n) is 15.1. The molecule has 0 radical (unpaired) electrons. The number of hydrogen-bond donors (Lipinski definition) is 2. The van der Waals surface area contributed by atoms with Gasteiger partial charge < -0.3 is 19.9 Å². The second-order valence-corrected chi connectivity index (χ2v) is 7.10. The summed E-state index contributed by atoms with van der Waals surface area (Å²) in [6.45, 7) is 0.772. The third-order valence-electron chi connectivity index (χ3n) is 5.24. The van der Waals surface area contributed by atoms with Gasteiger partial charge in [-0.3, -0.25) is 4.79 Å². The van der Waals surface area contributed by atoms with Gasteiger partial charge in [-0.2, -0.15) is 0 Å². The van der Waals surface area contributed by atoms with Gasteiger partial charge in [-0.15, -0.1) is 0 Å². The van der Waals surface area contributed by atoms with Crippen LogP contribution in [0.5, 0.6) is 11.5 Å². The zero-order valence-corrected chi connectivity index (χ0v) is 15.1. The van der Waals surface area contributed by atoms with Crippen molar-refractivity contribution in [3.05, 3.63) is 23.3 Å². The molecule has 0 heterocycles. The zero-order chi connectivity index (χ0) is 17.6. The van der Waals surface area contributed by atoms with Crippen LogP contribution in [-0.2, 0) is 6.42 Å². The molecule has 0 bridgehead atoms. The average molecular weight is 347 g/mol. The number of Topliss-reactive ketones (excluding diaryl/α,β-unsaturated/α-hetero) is 1. The van der Waals surface area contributed by atoms with Crippen molar-refractivity contribution in [3.63, 3.8) is 0 Å². The lowest BCUT2D eigenvalue weighted by molar-refractivity contribution is 0.0957. The van der Waals surface area contributed by atoms with E-state index >= 15 is 0 Å². The maximum absolute atomic E-state index is 12.2. The average Bonchev–Trinajstić information content (AvgIpc) is 2.65. The van der Waals surface area contributed by atoms with Crippen LogP contribution >= 0.6 is 0 Å². The van der Waals surface area contributed by atoms with Gasteiger partial charge in [0.15, 0.2) is 5.78 Å². The Bertz CT molecular complexity index is 596. The molecule has 0 spiro atoms. The summed E-state index contributed by atoms with van der Waals surface area (Å²) >= 11 is 0. The third kappa shape index (κ3) is 4.53. The Morgan fingerprint density at radius 3 is 2.68 bits per heavy atom. The highest BCUT2D eigenvalue weighted by atomic mass is 16.5. The Morgan fingerprint density at radius 2 is 1.92 bits per heavy atom. The molecule has 1 fully saturated rings. The SMILES string of the molecule is COc1ccc(OCC(O)CNC2CCCCC2)c2c1C(=O)CCC2. The molecule has 5 nitrogen and oxygen atoms in total. The molecule has 5 heteroatoms. The number of ether oxygens (including phenoxy) is 2. The summed E-state index contributed by atoms with van der Waals surface area (Å²) in [6.07, 6.45) is 7.91. The van der Waals surface area contributed by atoms with Gasteiger partial charge in [-0.1, -0.05) is 19.3 Å². The van der Waals surface area contributed by atoms with E-state index in [1.165, 1.54) is 32.1 Å². The fourth-order valence-electron chi connectivity index (χ4n) is 3.87. The number of carbonyl (C=O) groups is 1. The second kappa shape index (κ2) is 8.68.